The first-order valence-electron chi connectivity index (χ1n) is 6.88. The average Bonchev–Trinajstić information content (AvgIpc) is 2.79. The lowest BCUT2D eigenvalue weighted by Crippen LogP contribution is -2.67. The molecule has 1 aliphatic heterocycles. The third-order valence-electron chi connectivity index (χ3n) is 4.12. The van der Waals surface area contributed by atoms with Gasteiger partial charge < -0.3 is 15.4 Å². The average molecular weight is 251 g/mol. The highest BCUT2D eigenvalue weighted by atomic mass is 16.5. The number of rotatable bonds is 4. The van der Waals surface area contributed by atoms with E-state index in [0.717, 1.165) is 25.5 Å². The van der Waals surface area contributed by atoms with Crippen LogP contribution in [0.4, 0.5) is 0 Å². The molecule has 0 spiro atoms. The molecule has 3 atom stereocenters. The van der Waals surface area contributed by atoms with Crippen LogP contribution in [-0.4, -0.2) is 37.8 Å². The predicted octanol–water partition coefficient (Wildman–Crippen LogP) is 1.54. The Bertz CT molecular complexity index is 338. The van der Waals surface area contributed by atoms with Gasteiger partial charge in [-0.15, -0.1) is 6.58 Å². The van der Waals surface area contributed by atoms with E-state index >= 15 is 0 Å². The van der Waals surface area contributed by atoms with Crippen LogP contribution in [0.3, 0.4) is 0 Å². The molecule has 2 rings (SSSR count). The van der Waals surface area contributed by atoms with Gasteiger partial charge in [0.2, 0.25) is 0 Å². The Kier molecular flexibility index (Phi) is 3.95. The molecule has 2 fully saturated rings. The van der Waals surface area contributed by atoms with Crippen LogP contribution >= 0.6 is 0 Å². The summed E-state index contributed by atoms with van der Waals surface area (Å²) >= 11 is 0. The van der Waals surface area contributed by atoms with Crippen LogP contribution < -0.4 is 10.6 Å². The van der Waals surface area contributed by atoms with Crippen molar-refractivity contribution in [1.29, 1.82) is 0 Å². The fourth-order valence-electron chi connectivity index (χ4n) is 3.24. The molecule has 2 N–H and O–H groups in total. The van der Waals surface area contributed by atoms with Gasteiger partial charge >= 0.3 is 0 Å². The van der Waals surface area contributed by atoms with Crippen LogP contribution in [0.15, 0.2) is 17.6 Å². The number of hydrogen-bond acceptors (Lipinski definition) is 2. The topological polar surface area (TPSA) is 45.7 Å². The second-order valence-corrected chi connectivity index (χ2v) is 5.70. The van der Waals surface area contributed by atoms with Gasteiger partial charge in [-0.2, -0.15) is 0 Å². The molecule has 2 aliphatic rings. The van der Waals surface area contributed by atoms with E-state index in [4.69, 9.17) is 4.74 Å². The summed E-state index contributed by atoms with van der Waals surface area (Å²) in [5, 5.41) is 6.85. The summed E-state index contributed by atoms with van der Waals surface area (Å²) in [6.45, 7) is 12.8. The van der Waals surface area contributed by atoms with Crippen LogP contribution in [0.25, 0.3) is 0 Å². The molecule has 0 aromatic heterocycles. The molecule has 0 radical (unpaired) electrons. The summed E-state index contributed by atoms with van der Waals surface area (Å²) in [7, 11) is 0. The van der Waals surface area contributed by atoms with E-state index in [1.165, 1.54) is 0 Å². The van der Waals surface area contributed by atoms with Crippen molar-refractivity contribution in [3.05, 3.63) is 12.7 Å². The number of hydrogen-bond donors (Lipinski definition) is 2. The number of ether oxygens (including phenoxy) is 1. The molecule has 3 unspecified atom stereocenters. The lowest BCUT2D eigenvalue weighted by Gasteiger charge is -2.54. The van der Waals surface area contributed by atoms with Gasteiger partial charge in [0, 0.05) is 30.5 Å². The summed E-state index contributed by atoms with van der Waals surface area (Å²) in [4.78, 5) is 4.47. The molecule has 0 amide bonds. The van der Waals surface area contributed by atoms with Crippen LogP contribution in [0, 0.1) is 11.3 Å². The fourth-order valence-corrected chi connectivity index (χ4v) is 3.24. The Morgan fingerprint density at radius 1 is 1.56 bits per heavy atom. The summed E-state index contributed by atoms with van der Waals surface area (Å²) in [6, 6.07) is 0.451. The first-order chi connectivity index (χ1) is 8.61. The van der Waals surface area contributed by atoms with Gasteiger partial charge in [0.15, 0.2) is 5.96 Å². The van der Waals surface area contributed by atoms with Crippen molar-refractivity contribution in [3.63, 3.8) is 0 Å². The Labute approximate surface area is 110 Å². The smallest absolute Gasteiger partial charge is 0.191 e. The standard InChI is InChI=1S/C14H25N3O/c1-5-8-16-13(15-6-2)17-11-10-7-9-18-12(10)14(11,3)4/h5,10-12H,1,6-9H2,2-4H3,(H2,15,16,17). The molecule has 1 saturated heterocycles. The highest BCUT2D eigenvalue weighted by Gasteiger charge is 2.59. The zero-order valence-electron chi connectivity index (χ0n) is 11.7. The van der Waals surface area contributed by atoms with Gasteiger partial charge in [0.05, 0.1) is 12.6 Å². The summed E-state index contributed by atoms with van der Waals surface area (Å²) in [5.74, 6) is 1.52. The van der Waals surface area contributed by atoms with Crippen molar-refractivity contribution in [2.45, 2.75) is 39.3 Å². The minimum atomic E-state index is 0.186. The third kappa shape index (κ3) is 2.26. The monoisotopic (exact) mass is 251 g/mol. The molecule has 4 nitrogen and oxygen atoms in total. The molecule has 1 heterocycles. The number of nitrogens with one attached hydrogen (secondary N) is 2. The molecule has 1 saturated carbocycles. The quantitative estimate of drug-likeness (QED) is 0.452. The zero-order chi connectivity index (χ0) is 13.2. The molecular formula is C14H25N3O. The van der Waals surface area contributed by atoms with Gasteiger partial charge in [-0.1, -0.05) is 19.9 Å². The maximum absolute atomic E-state index is 5.80. The van der Waals surface area contributed by atoms with Crippen LogP contribution in [0.2, 0.25) is 0 Å². The van der Waals surface area contributed by atoms with Gasteiger partial charge in [0.25, 0.3) is 0 Å². The SMILES string of the molecule is C=CCN=C(NCC)NC1C2CCOC2C1(C)C. The van der Waals surface area contributed by atoms with E-state index in [1.807, 2.05) is 6.08 Å². The minimum Gasteiger partial charge on any atom is -0.377 e. The van der Waals surface area contributed by atoms with Crippen LogP contribution in [0.5, 0.6) is 0 Å². The van der Waals surface area contributed by atoms with Crippen LogP contribution in [0.1, 0.15) is 27.2 Å². The largest absolute Gasteiger partial charge is 0.377 e. The number of nitrogens with zero attached hydrogens (tertiary/aromatic N) is 1. The first-order valence-corrected chi connectivity index (χ1v) is 6.88. The molecule has 18 heavy (non-hydrogen) atoms. The molecule has 0 aromatic carbocycles. The number of fused-ring (bicyclic) bond motifs is 1. The summed E-state index contributed by atoms with van der Waals surface area (Å²) in [5.41, 5.74) is 0.186. The van der Waals surface area contributed by atoms with E-state index in [-0.39, 0.29) is 5.41 Å². The fraction of sp³-hybridized carbons (Fsp3) is 0.786. The maximum atomic E-state index is 5.80. The molecule has 0 bridgehead atoms. The predicted molar refractivity (Wildman–Crippen MR) is 74.7 cm³/mol. The normalized spacial score (nSPS) is 33.5. The molecule has 4 heteroatoms. The number of guanidine groups is 1. The molecular weight excluding hydrogens is 226 g/mol. The number of aliphatic imine (C=N–C) groups is 1. The Hall–Kier alpha value is -1.03. The van der Waals surface area contributed by atoms with Crippen molar-refractivity contribution in [1.82, 2.24) is 10.6 Å². The van der Waals surface area contributed by atoms with Crippen LogP contribution in [-0.2, 0) is 4.74 Å². The van der Waals surface area contributed by atoms with Gasteiger partial charge in [-0.25, -0.2) is 4.99 Å². The highest BCUT2D eigenvalue weighted by molar-refractivity contribution is 5.80. The highest BCUT2D eigenvalue weighted by Crippen LogP contribution is 2.51. The lowest BCUT2D eigenvalue weighted by atomic mass is 9.57. The van der Waals surface area contributed by atoms with Crippen molar-refractivity contribution >= 4 is 5.96 Å². The van der Waals surface area contributed by atoms with E-state index < -0.39 is 0 Å². The van der Waals surface area contributed by atoms with Crippen molar-refractivity contribution in [3.8, 4) is 0 Å². The van der Waals surface area contributed by atoms with E-state index in [9.17, 15) is 0 Å². The van der Waals surface area contributed by atoms with Crippen molar-refractivity contribution in [2.75, 3.05) is 19.7 Å². The summed E-state index contributed by atoms with van der Waals surface area (Å²) < 4.78 is 5.80. The van der Waals surface area contributed by atoms with E-state index in [2.05, 4.69) is 43.0 Å². The van der Waals surface area contributed by atoms with Crippen molar-refractivity contribution < 1.29 is 4.74 Å². The van der Waals surface area contributed by atoms with Gasteiger partial charge in [-0.05, 0) is 13.3 Å². The molecule has 102 valence electrons. The van der Waals surface area contributed by atoms with E-state index in [0.29, 0.717) is 24.6 Å². The van der Waals surface area contributed by atoms with Gasteiger partial charge in [-0.3, -0.25) is 0 Å². The Balaban J connectivity index is 2.00. The third-order valence-corrected chi connectivity index (χ3v) is 4.12. The van der Waals surface area contributed by atoms with Crippen molar-refractivity contribution in [2.24, 2.45) is 16.3 Å². The molecule has 1 aliphatic carbocycles. The van der Waals surface area contributed by atoms with E-state index in [1.54, 1.807) is 0 Å². The molecule has 0 aromatic rings. The Morgan fingerprint density at radius 2 is 2.33 bits per heavy atom. The Morgan fingerprint density at radius 3 is 3.00 bits per heavy atom. The van der Waals surface area contributed by atoms with Gasteiger partial charge in [0.1, 0.15) is 0 Å². The maximum Gasteiger partial charge on any atom is 0.191 e. The zero-order valence-corrected chi connectivity index (χ0v) is 11.7. The minimum absolute atomic E-state index is 0.186. The summed E-state index contributed by atoms with van der Waals surface area (Å²) in [6.07, 6.45) is 3.39. The lowest BCUT2D eigenvalue weighted by molar-refractivity contribution is -0.106. The second-order valence-electron chi connectivity index (χ2n) is 5.70. The second kappa shape index (κ2) is 5.31. The first kappa shape index (κ1) is 13.4.